The standard InChI is InChI=1S/C30H38N4O3/c1-6-19(2)31-29(37)34-26(20-9-7-8-10-20)18-25(33-34)24-17-23(15-16-27(24)35)32-28(36)21-11-13-22(14-12-21)30(3,4)5/h11-20,35H,6-10H2,1-5H3,(H,31,37)(H,32,36). The molecule has 3 N–H and O–H groups in total. The maximum absolute atomic E-state index is 13.0. The lowest BCUT2D eigenvalue weighted by molar-refractivity contribution is 0.102. The Kier molecular flexibility index (Phi) is 7.71. The van der Waals surface area contributed by atoms with Gasteiger partial charge in [0.05, 0.1) is 11.4 Å². The highest BCUT2D eigenvalue weighted by atomic mass is 16.3. The Labute approximate surface area is 219 Å². The van der Waals surface area contributed by atoms with Crippen molar-refractivity contribution in [3.8, 4) is 17.0 Å². The summed E-state index contributed by atoms with van der Waals surface area (Å²) in [5, 5.41) is 21.2. The summed E-state index contributed by atoms with van der Waals surface area (Å²) in [4.78, 5) is 26.0. The van der Waals surface area contributed by atoms with Crippen LogP contribution in [0.25, 0.3) is 11.3 Å². The lowest BCUT2D eigenvalue weighted by atomic mass is 9.87. The van der Waals surface area contributed by atoms with E-state index in [2.05, 4.69) is 36.5 Å². The Morgan fingerprint density at radius 2 is 1.76 bits per heavy atom. The SMILES string of the molecule is CCC(C)NC(=O)n1nc(-c2cc(NC(=O)c3ccc(C(C)(C)C)cc3)ccc2O)cc1C1CCCC1. The zero-order valence-corrected chi connectivity index (χ0v) is 22.5. The molecule has 3 aromatic rings. The van der Waals surface area contributed by atoms with Crippen LogP contribution in [-0.4, -0.2) is 32.9 Å². The van der Waals surface area contributed by atoms with Gasteiger partial charge in [0.15, 0.2) is 0 Å². The molecule has 2 amide bonds. The van der Waals surface area contributed by atoms with Gasteiger partial charge in [0.1, 0.15) is 5.75 Å². The van der Waals surface area contributed by atoms with Crippen LogP contribution in [0.2, 0.25) is 0 Å². The van der Waals surface area contributed by atoms with E-state index in [1.54, 1.807) is 18.2 Å². The number of phenols is 1. The Morgan fingerprint density at radius 3 is 2.38 bits per heavy atom. The van der Waals surface area contributed by atoms with Crippen LogP contribution < -0.4 is 10.6 Å². The number of aromatic nitrogens is 2. The Balaban J connectivity index is 1.61. The number of amides is 2. The quantitative estimate of drug-likeness (QED) is 0.322. The van der Waals surface area contributed by atoms with E-state index in [4.69, 9.17) is 0 Å². The first-order valence-electron chi connectivity index (χ1n) is 13.2. The summed E-state index contributed by atoms with van der Waals surface area (Å²) in [5.41, 5.74) is 4.09. The van der Waals surface area contributed by atoms with E-state index in [1.165, 1.54) is 4.68 Å². The second-order valence-corrected chi connectivity index (χ2v) is 11.1. The van der Waals surface area contributed by atoms with Crippen LogP contribution in [0.1, 0.15) is 94.3 Å². The molecule has 1 aliphatic carbocycles. The summed E-state index contributed by atoms with van der Waals surface area (Å²) in [6.07, 6.45) is 5.10. The maximum Gasteiger partial charge on any atom is 0.342 e. The maximum atomic E-state index is 13.0. The van der Waals surface area contributed by atoms with Crippen LogP contribution in [-0.2, 0) is 5.41 Å². The van der Waals surface area contributed by atoms with Gasteiger partial charge in [-0.3, -0.25) is 4.79 Å². The monoisotopic (exact) mass is 502 g/mol. The number of nitrogens with zero attached hydrogens (tertiary/aromatic N) is 2. The molecule has 1 aliphatic rings. The van der Waals surface area contributed by atoms with Crippen LogP contribution in [0.4, 0.5) is 10.5 Å². The highest BCUT2D eigenvalue weighted by Crippen LogP contribution is 2.38. The molecule has 7 nitrogen and oxygen atoms in total. The van der Waals surface area contributed by atoms with Crippen molar-refractivity contribution in [3.63, 3.8) is 0 Å². The van der Waals surface area contributed by atoms with Crippen molar-refractivity contribution in [2.45, 2.75) is 84.1 Å². The first-order valence-corrected chi connectivity index (χ1v) is 13.2. The summed E-state index contributed by atoms with van der Waals surface area (Å²) in [7, 11) is 0. The molecule has 1 saturated carbocycles. The van der Waals surface area contributed by atoms with E-state index < -0.39 is 0 Å². The van der Waals surface area contributed by atoms with Crippen LogP contribution in [0.3, 0.4) is 0 Å². The summed E-state index contributed by atoms with van der Waals surface area (Å²) < 4.78 is 1.46. The number of nitrogens with one attached hydrogen (secondary N) is 2. The van der Waals surface area contributed by atoms with Gasteiger partial charge in [0.2, 0.25) is 0 Å². The number of carbonyl (C=O) groups excluding carboxylic acids is 2. The molecule has 0 radical (unpaired) electrons. The number of benzene rings is 2. The summed E-state index contributed by atoms with van der Waals surface area (Å²) in [6, 6.07) is 14.2. The van der Waals surface area contributed by atoms with Gasteiger partial charge in [-0.2, -0.15) is 9.78 Å². The van der Waals surface area contributed by atoms with Gasteiger partial charge in [-0.05, 0) is 73.6 Å². The fraction of sp³-hybridized carbons (Fsp3) is 0.433. The molecule has 0 bridgehead atoms. The second kappa shape index (κ2) is 10.8. The summed E-state index contributed by atoms with van der Waals surface area (Å²) in [6.45, 7) is 10.4. The Bertz CT molecular complexity index is 1260. The van der Waals surface area contributed by atoms with Gasteiger partial charge in [-0.25, -0.2) is 4.79 Å². The first kappa shape index (κ1) is 26.5. The normalized spacial score (nSPS) is 14.9. The van der Waals surface area contributed by atoms with E-state index in [-0.39, 0.29) is 35.1 Å². The highest BCUT2D eigenvalue weighted by Gasteiger charge is 2.26. The van der Waals surface area contributed by atoms with Crippen molar-refractivity contribution in [1.29, 1.82) is 0 Å². The number of rotatable bonds is 6. The van der Waals surface area contributed by atoms with Crippen molar-refractivity contribution in [1.82, 2.24) is 15.1 Å². The third-order valence-electron chi connectivity index (χ3n) is 7.23. The molecule has 7 heteroatoms. The van der Waals surface area contributed by atoms with Gasteiger partial charge in [-0.1, -0.05) is 52.7 Å². The molecular formula is C30H38N4O3. The zero-order chi connectivity index (χ0) is 26.7. The van der Waals surface area contributed by atoms with Crippen LogP contribution in [0.15, 0.2) is 48.5 Å². The molecule has 0 saturated heterocycles. The smallest absolute Gasteiger partial charge is 0.342 e. The predicted molar refractivity (Wildman–Crippen MR) is 147 cm³/mol. The third kappa shape index (κ3) is 6.04. The molecule has 1 fully saturated rings. The van der Waals surface area contributed by atoms with E-state index >= 15 is 0 Å². The third-order valence-corrected chi connectivity index (χ3v) is 7.23. The lowest BCUT2D eigenvalue weighted by Crippen LogP contribution is -2.37. The number of hydrogen-bond donors (Lipinski definition) is 3. The predicted octanol–water partition coefficient (Wildman–Crippen LogP) is 6.82. The minimum atomic E-state index is -0.259. The Hall–Kier alpha value is -3.61. The number of hydrogen-bond acceptors (Lipinski definition) is 4. The topological polar surface area (TPSA) is 96.3 Å². The van der Waals surface area contributed by atoms with E-state index in [0.29, 0.717) is 22.5 Å². The zero-order valence-electron chi connectivity index (χ0n) is 22.5. The van der Waals surface area contributed by atoms with Gasteiger partial charge >= 0.3 is 6.03 Å². The molecule has 2 aromatic carbocycles. The Morgan fingerprint density at radius 1 is 1.08 bits per heavy atom. The average molecular weight is 503 g/mol. The van der Waals surface area contributed by atoms with E-state index in [0.717, 1.165) is 43.4 Å². The lowest BCUT2D eigenvalue weighted by Gasteiger charge is -2.19. The molecule has 196 valence electrons. The van der Waals surface area contributed by atoms with Crippen molar-refractivity contribution >= 4 is 17.6 Å². The minimum Gasteiger partial charge on any atom is -0.507 e. The molecular weight excluding hydrogens is 464 g/mol. The fourth-order valence-corrected chi connectivity index (χ4v) is 4.72. The van der Waals surface area contributed by atoms with Crippen LogP contribution in [0.5, 0.6) is 5.75 Å². The van der Waals surface area contributed by atoms with Crippen molar-refractivity contribution < 1.29 is 14.7 Å². The number of carbonyl (C=O) groups is 2. The molecule has 0 aliphatic heterocycles. The van der Waals surface area contributed by atoms with Gasteiger partial charge in [-0.15, -0.1) is 0 Å². The van der Waals surface area contributed by atoms with Crippen LogP contribution in [0, 0.1) is 0 Å². The van der Waals surface area contributed by atoms with Crippen molar-refractivity contribution in [2.75, 3.05) is 5.32 Å². The molecule has 1 atom stereocenters. The fourth-order valence-electron chi connectivity index (χ4n) is 4.72. The average Bonchev–Trinajstić information content (AvgIpc) is 3.55. The number of aromatic hydroxyl groups is 1. The molecule has 37 heavy (non-hydrogen) atoms. The van der Waals surface area contributed by atoms with Gasteiger partial charge < -0.3 is 15.7 Å². The molecule has 0 spiro atoms. The van der Waals surface area contributed by atoms with Crippen molar-refractivity contribution in [3.05, 3.63) is 65.4 Å². The van der Waals surface area contributed by atoms with E-state index in [1.807, 2.05) is 44.2 Å². The second-order valence-electron chi connectivity index (χ2n) is 11.1. The van der Waals surface area contributed by atoms with Crippen LogP contribution >= 0.6 is 0 Å². The molecule has 1 unspecified atom stereocenters. The number of phenolic OH excluding ortho intramolecular Hbond substituents is 1. The molecule has 4 rings (SSSR count). The number of anilines is 1. The van der Waals surface area contributed by atoms with Crippen molar-refractivity contribution in [2.24, 2.45) is 0 Å². The molecule has 1 aromatic heterocycles. The van der Waals surface area contributed by atoms with Gasteiger partial charge in [0.25, 0.3) is 5.91 Å². The first-order chi connectivity index (χ1) is 17.6. The molecule has 1 heterocycles. The summed E-state index contributed by atoms with van der Waals surface area (Å²) in [5.74, 6) is 0.0599. The minimum absolute atomic E-state index is 0.00705. The highest BCUT2D eigenvalue weighted by molar-refractivity contribution is 6.04. The van der Waals surface area contributed by atoms with E-state index in [9.17, 15) is 14.7 Å². The largest absolute Gasteiger partial charge is 0.507 e. The van der Waals surface area contributed by atoms with Gasteiger partial charge in [0, 0.05) is 28.8 Å². The summed E-state index contributed by atoms with van der Waals surface area (Å²) >= 11 is 0.